The molecule has 30 aliphatic heterocycles. The van der Waals surface area contributed by atoms with Gasteiger partial charge in [-0.2, -0.15) is 0 Å². The van der Waals surface area contributed by atoms with Gasteiger partial charge in [0.2, 0.25) is 0 Å². The van der Waals surface area contributed by atoms with E-state index in [0.717, 1.165) is 0 Å². The fourth-order valence-corrected chi connectivity index (χ4v) is 12.1. The molecule has 16 bridgehead atoms. The fourth-order valence-electron chi connectivity index (χ4n) is 12.1. The molecule has 30 saturated heterocycles. The predicted molar refractivity (Wildman–Crippen MR) is 266 cm³/mol. The van der Waals surface area contributed by atoms with Crippen molar-refractivity contribution in [3.8, 4) is 0 Å². The minimum atomic E-state index is -2.25. The van der Waals surface area contributed by atoms with Gasteiger partial charge in [-0.05, 0) is 0 Å². The first-order chi connectivity index (χ1) is 42.4. The number of hydrogen-bond acceptors (Lipinski definition) is 40. The Morgan fingerprint density at radius 2 is 0.337 bits per heavy atom. The van der Waals surface area contributed by atoms with Crippen molar-refractivity contribution in [3.05, 3.63) is 0 Å². The van der Waals surface area contributed by atoms with Crippen LogP contribution in [0.25, 0.3) is 0 Å². The zero-order valence-corrected chi connectivity index (χ0v) is 46.7. The molecule has 0 aromatic rings. The number of aliphatic hydroxyl groups excluding tert-OH is 24. The number of rotatable bonds is 8. The lowest BCUT2D eigenvalue weighted by Gasteiger charge is -2.50. The first-order valence-corrected chi connectivity index (χ1v) is 28.6. The van der Waals surface area contributed by atoms with E-state index in [4.69, 9.17) is 75.8 Å². The van der Waals surface area contributed by atoms with E-state index in [1.165, 1.54) is 0 Å². The maximum absolute atomic E-state index is 11.4. The van der Waals surface area contributed by atoms with Crippen molar-refractivity contribution in [2.24, 2.45) is 5.92 Å². The number of hydrogen-bond donors (Lipinski definition) is 24. The molecule has 0 unspecified atom stereocenters. The molecule has 30 aliphatic rings. The summed E-state index contributed by atoms with van der Waals surface area (Å²) in [6.45, 7) is -9.18. The van der Waals surface area contributed by atoms with Crippen LogP contribution in [0.3, 0.4) is 0 Å². The van der Waals surface area contributed by atoms with Crippen LogP contribution in [0.4, 0.5) is 0 Å². The summed E-state index contributed by atoms with van der Waals surface area (Å²) in [5, 5.41) is 265. The van der Waals surface area contributed by atoms with Gasteiger partial charge in [0.15, 0.2) is 50.3 Å². The zero-order chi connectivity index (χ0) is 64.8. The third-order valence-electron chi connectivity index (χ3n) is 17.3. The van der Waals surface area contributed by atoms with Gasteiger partial charge < -0.3 is 198 Å². The highest BCUT2D eigenvalue weighted by atomic mass is 16.8. The van der Waals surface area contributed by atoms with Crippen LogP contribution in [-0.4, -0.2) is 422 Å². The monoisotopic (exact) mass is 1310 g/mol. The van der Waals surface area contributed by atoms with Crippen molar-refractivity contribution in [3.63, 3.8) is 0 Å². The Balaban J connectivity index is 0.964. The molecule has 0 saturated carbocycles. The first kappa shape index (κ1) is 71.7. The van der Waals surface area contributed by atoms with E-state index in [1.807, 2.05) is 0 Å². The van der Waals surface area contributed by atoms with Crippen LogP contribution in [0.5, 0.6) is 0 Å². The van der Waals surface area contributed by atoms with Crippen molar-refractivity contribution < 1.29 is 198 Å². The molecule has 0 radical (unpaired) electrons. The Bertz CT molecular complexity index is 2150. The van der Waals surface area contributed by atoms with Crippen LogP contribution in [0.1, 0.15) is 0 Å². The molecule has 0 aliphatic carbocycles. The van der Waals surface area contributed by atoms with Gasteiger partial charge in [0, 0.05) is 5.92 Å². The lowest BCUT2D eigenvalue weighted by Crippen LogP contribution is -2.68. The summed E-state index contributed by atoms with van der Waals surface area (Å²) >= 11 is 0. The van der Waals surface area contributed by atoms with Crippen molar-refractivity contribution in [2.75, 3.05) is 59.5 Å². The number of aliphatic hydroxyl groups is 24. The van der Waals surface area contributed by atoms with Crippen molar-refractivity contribution in [1.29, 1.82) is 0 Å². The van der Waals surface area contributed by atoms with Gasteiger partial charge >= 0.3 is 0 Å². The molecule has 0 spiro atoms. The Labute approximate surface area is 502 Å². The van der Waals surface area contributed by atoms with E-state index in [9.17, 15) is 123 Å². The highest BCUT2D eigenvalue weighted by molar-refractivity contribution is 5.02. The topological polar surface area (TPSA) is 633 Å². The van der Waals surface area contributed by atoms with E-state index in [0.29, 0.717) is 0 Å². The molecule has 40 atom stereocenters. The standard InChI is InChI=1S/C49H82O40/c50-1-11-10-9-74-42-28(67)20(59)35(12(2-51)76-42)84-44-30(69)22(61)37(14(4-53)78-44)86-46-32(71)24(63)39(16(6-55)80-46)88-48-34(73)26(65)41(18(8-57)82-48)89-49-33(72)25(64)40(17(7-56)81-49)87-47-31(70)23(62)38(15(5-54)79-47)85-45-29(68)21(60)36(13(3-52)77-45)83-43(75-11)27(66)19(10)58/h10-73H,1-9H2/t10-,11-,12-,13-,14-,15-,16-,17-,18-,19+,20-,21-,22-,23-,24-,25-,26-,27-,28-,29-,30-,31-,32-,33-,34-,35-,36-,37-,38-,39-,40-,41-,42+,43-,44-,45-,46-,47-,48-,49-/m1/s1. The van der Waals surface area contributed by atoms with E-state index in [-0.39, 0.29) is 0 Å². The predicted octanol–water partition coefficient (Wildman–Crippen LogP) is -17.2. The molecule has 89 heavy (non-hydrogen) atoms. The van der Waals surface area contributed by atoms with Crippen molar-refractivity contribution in [1.82, 2.24) is 0 Å². The molecule has 0 aromatic heterocycles. The summed E-state index contributed by atoms with van der Waals surface area (Å²) < 4.78 is 91.2. The maximum Gasteiger partial charge on any atom is 0.187 e. The SMILES string of the molecule is OC[C@H]1O[C@@H]2O[C@H]3[C@H](O)[C@@H](O)[C@@H](O[C@H]4[C@H](O)[C@@H](O)[C@@H](O[C@H]5[C@H](O)[C@@H](O)[C@@H](O[C@H]6[C@H](O)[C@@H](O)[C@@H](O[C@H]7[C@H](O)[C@@H](O)[C@@H](O[C@H]8[C@H](O)[C@@H](O)[C@@H](O[C@H]9[C@H](O)[C@@H](O)[C@@H](OC[C@H]1[C@H](O)[C@H]2O)O[C@@H]9CO)O[C@@H]8CO)O[C@@H]7CO)O[C@@H]6CO)O[C@@H]5CO)O[C@@H]4CO)O[C@@H]3CO. The molecular weight excluding hydrogens is 1230 g/mol. The molecule has 0 aromatic carbocycles. The number of ether oxygens (including phenoxy) is 16. The second-order valence-electron chi connectivity index (χ2n) is 22.9. The molecular formula is C49H82O40. The highest BCUT2D eigenvalue weighted by Gasteiger charge is 2.60. The zero-order valence-electron chi connectivity index (χ0n) is 46.7. The Morgan fingerprint density at radius 1 is 0.180 bits per heavy atom. The largest absolute Gasteiger partial charge is 0.394 e. The lowest BCUT2D eigenvalue weighted by molar-refractivity contribution is -0.398. The quantitative estimate of drug-likeness (QED) is 0.107. The summed E-state index contributed by atoms with van der Waals surface area (Å²) in [4.78, 5) is 0. The molecule has 30 rings (SSSR count). The van der Waals surface area contributed by atoms with Crippen LogP contribution in [-0.2, 0) is 75.8 Å². The lowest BCUT2D eigenvalue weighted by atomic mass is 9.89. The van der Waals surface area contributed by atoms with Crippen LogP contribution in [0.15, 0.2) is 0 Å². The van der Waals surface area contributed by atoms with Crippen LogP contribution in [0.2, 0.25) is 0 Å². The van der Waals surface area contributed by atoms with Gasteiger partial charge in [0.1, 0.15) is 177 Å². The Morgan fingerprint density at radius 3 is 0.528 bits per heavy atom. The average Bonchev–Trinajstić information content (AvgIpc) is 1.56. The van der Waals surface area contributed by atoms with E-state index in [1.54, 1.807) is 0 Å². The smallest absolute Gasteiger partial charge is 0.187 e. The first-order valence-electron chi connectivity index (χ1n) is 28.6. The highest BCUT2D eigenvalue weighted by Crippen LogP contribution is 2.39. The molecule has 518 valence electrons. The summed E-state index contributed by atoms with van der Waals surface area (Å²) in [5.41, 5.74) is 0. The van der Waals surface area contributed by atoms with Gasteiger partial charge in [-0.15, -0.1) is 0 Å². The van der Waals surface area contributed by atoms with Gasteiger partial charge in [0.05, 0.1) is 71.7 Å². The minimum absolute atomic E-state index is 0.778. The van der Waals surface area contributed by atoms with Gasteiger partial charge in [-0.25, -0.2) is 0 Å². The van der Waals surface area contributed by atoms with Crippen LogP contribution < -0.4 is 0 Å². The average molecular weight is 1310 g/mol. The van der Waals surface area contributed by atoms with Crippen LogP contribution in [0, 0.1) is 5.92 Å². The van der Waals surface area contributed by atoms with Crippen LogP contribution >= 0.6 is 0 Å². The van der Waals surface area contributed by atoms with Crippen molar-refractivity contribution in [2.45, 2.75) is 240 Å². The van der Waals surface area contributed by atoms with Crippen molar-refractivity contribution >= 4 is 0 Å². The van der Waals surface area contributed by atoms with Gasteiger partial charge in [-0.1, -0.05) is 0 Å². The second-order valence-corrected chi connectivity index (χ2v) is 22.9. The Hall–Kier alpha value is -1.60. The molecule has 24 N–H and O–H groups in total. The minimum Gasteiger partial charge on any atom is -0.394 e. The van der Waals surface area contributed by atoms with E-state index in [2.05, 4.69) is 0 Å². The third kappa shape index (κ3) is 14.3. The summed E-state index contributed by atoms with van der Waals surface area (Å²) in [7, 11) is 0. The summed E-state index contributed by atoms with van der Waals surface area (Å²) in [5.74, 6) is -1.45. The second kappa shape index (κ2) is 30.6. The maximum atomic E-state index is 11.4. The molecule has 40 nitrogen and oxygen atoms in total. The Kier molecular flexibility index (Phi) is 24.7. The normalized spacial score (nSPS) is 55.0. The van der Waals surface area contributed by atoms with E-state index < -0.39 is 305 Å². The summed E-state index contributed by atoms with van der Waals surface area (Å²) in [6, 6.07) is 0. The van der Waals surface area contributed by atoms with Gasteiger partial charge in [-0.3, -0.25) is 0 Å². The van der Waals surface area contributed by atoms with Gasteiger partial charge in [0.25, 0.3) is 0 Å². The molecule has 0 amide bonds. The summed E-state index contributed by atoms with van der Waals surface area (Å²) in [6.07, 6.45) is -78.5. The molecule has 30 fully saturated rings. The fraction of sp³-hybridized carbons (Fsp3) is 1.00. The molecule has 40 heteroatoms. The van der Waals surface area contributed by atoms with E-state index >= 15 is 0 Å². The third-order valence-corrected chi connectivity index (χ3v) is 17.3. The molecule has 30 heterocycles.